The fraction of sp³-hybridized carbons (Fsp3) is 0.615. The highest BCUT2D eigenvalue weighted by atomic mass is 19.4. The molecule has 0 saturated heterocycles. The Morgan fingerprint density at radius 1 is 1.10 bits per heavy atom. The minimum Gasteiger partial charge on any atom is -0.349 e. The van der Waals surface area contributed by atoms with E-state index in [0.29, 0.717) is 16.9 Å². The lowest BCUT2D eigenvalue weighted by molar-refractivity contribution is -0.153. The number of aryl methyl sites for hydroxylation is 1. The molecule has 0 spiro atoms. The maximum atomic E-state index is 13.9. The summed E-state index contributed by atoms with van der Waals surface area (Å²) in [5, 5.41) is 17.2. The van der Waals surface area contributed by atoms with Crippen LogP contribution in [0.5, 0.6) is 0 Å². The molecule has 2 amide bonds. The highest BCUT2D eigenvalue weighted by molar-refractivity contribution is 5.93. The van der Waals surface area contributed by atoms with Crippen LogP contribution >= 0.6 is 0 Å². The predicted molar refractivity (Wildman–Crippen MR) is 133 cm³/mol. The summed E-state index contributed by atoms with van der Waals surface area (Å²) in [4.78, 5) is 30.2. The Morgan fingerprint density at radius 2 is 1.78 bits per heavy atom. The molecule has 0 aliphatic heterocycles. The van der Waals surface area contributed by atoms with Crippen molar-refractivity contribution in [2.24, 2.45) is 17.8 Å². The molecule has 3 atom stereocenters. The predicted octanol–water partition coefficient (Wildman–Crippen LogP) is 4.87. The van der Waals surface area contributed by atoms with Gasteiger partial charge in [-0.3, -0.25) is 9.59 Å². The lowest BCUT2D eigenvalue weighted by Crippen LogP contribution is -2.37. The van der Waals surface area contributed by atoms with Crippen LogP contribution in [0.25, 0.3) is 5.65 Å². The molecule has 41 heavy (non-hydrogen) atoms. The van der Waals surface area contributed by atoms with Crippen molar-refractivity contribution < 1.29 is 36.2 Å². The molecule has 2 saturated carbocycles. The number of carbonyl (C=O) groups excluding carboxylic acids is 2. The fourth-order valence-electron chi connectivity index (χ4n) is 5.34. The smallest absolute Gasteiger partial charge is 0.349 e. The van der Waals surface area contributed by atoms with Crippen LogP contribution in [0.15, 0.2) is 23.1 Å². The zero-order valence-corrected chi connectivity index (χ0v) is 22.4. The number of halogens is 5. The Kier molecular flexibility index (Phi) is 7.72. The van der Waals surface area contributed by atoms with Crippen LogP contribution in [0.3, 0.4) is 0 Å². The number of hydrogen-bond donors (Lipinski definition) is 2. The number of nitrogens with one attached hydrogen (secondary N) is 2. The second-order valence-corrected chi connectivity index (χ2v) is 11.1. The zero-order valence-electron chi connectivity index (χ0n) is 22.4. The summed E-state index contributed by atoms with van der Waals surface area (Å²) in [6.45, 7) is 2.79. The molecule has 0 bridgehead atoms. The Bertz CT molecular complexity index is 1410. The van der Waals surface area contributed by atoms with Gasteiger partial charge in [-0.25, -0.2) is 22.9 Å². The lowest BCUT2D eigenvalue weighted by atomic mass is 9.81. The minimum atomic E-state index is -4.46. The van der Waals surface area contributed by atoms with E-state index in [2.05, 4.69) is 35.7 Å². The molecule has 1 unspecified atom stereocenters. The third-order valence-electron chi connectivity index (χ3n) is 7.80. The van der Waals surface area contributed by atoms with Gasteiger partial charge in [0, 0.05) is 18.8 Å². The second kappa shape index (κ2) is 11.0. The number of alkyl halides is 5. The van der Waals surface area contributed by atoms with Gasteiger partial charge < -0.3 is 10.6 Å². The van der Waals surface area contributed by atoms with Crippen LogP contribution in [-0.4, -0.2) is 48.8 Å². The number of nitrogens with zero attached hydrogens (tertiary/aromatic N) is 5. The first-order valence-electron chi connectivity index (χ1n) is 13.5. The first-order chi connectivity index (χ1) is 19.3. The van der Waals surface area contributed by atoms with Gasteiger partial charge in [0.15, 0.2) is 11.3 Å². The molecule has 2 aliphatic rings. The van der Waals surface area contributed by atoms with E-state index in [1.165, 1.54) is 17.6 Å². The van der Waals surface area contributed by atoms with E-state index in [1.807, 2.05) is 0 Å². The maximum Gasteiger partial charge on any atom is 0.389 e. The topological polar surface area (TPSA) is 127 Å². The highest BCUT2D eigenvalue weighted by Gasteiger charge is 2.40. The van der Waals surface area contributed by atoms with E-state index >= 15 is 0 Å². The average Bonchev–Trinajstić information content (AvgIpc) is 3.50. The maximum absolute atomic E-state index is 13.9. The number of amides is 2. The number of imidazole rings is 1. The van der Waals surface area contributed by atoms with Crippen molar-refractivity contribution in [1.29, 1.82) is 0 Å². The molecular formula is C26H30F5N7O3. The first-order valence-corrected chi connectivity index (χ1v) is 13.5. The molecule has 0 aromatic carbocycles. The molecule has 222 valence electrons. The molecule has 3 aromatic rings. The van der Waals surface area contributed by atoms with Crippen LogP contribution in [0, 0.1) is 24.7 Å². The largest absolute Gasteiger partial charge is 0.389 e. The van der Waals surface area contributed by atoms with E-state index in [-0.39, 0.29) is 48.9 Å². The van der Waals surface area contributed by atoms with E-state index in [4.69, 9.17) is 0 Å². The summed E-state index contributed by atoms with van der Waals surface area (Å²) < 4.78 is 72.4. The quantitative estimate of drug-likeness (QED) is 0.344. The van der Waals surface area contributed by atoms with E-state index in [9.17, 15) is 31.5 Å². The van der Waals surface area contributed by atoms with Crippen LogP contribution in [0.2, 0.25) is 0 Å². The van der Waals surface area contributed by atoms with Crippen molar-refractivity contribution in [3.8, 4) is 0 Å². The van der Waals surface area contributed by atoms with Crippen molar-refractivity contribution in [1.82, 2.24) is 35.5 Å². The second-order valence-electron chi connectivity index (χ2n) is 11.1. The van der Waals surface area contributed by atoms with Gasteiger partial charge in [-0.1, -0.05) is 12.1 Å². The van der Waals surface area contributed by atoms with Crippen molar-refractivity contribution in [3.05, 3.63) is 41.1 Å². The van der Waals surface area contributed by atoms with Gasteiger partial charge in [0.2, 0.25) is 11.8 Å². The van der Waals surface area contributed by atoms with E-state index in [1.54, 1.807) is 19.2 Å². The molecule has 2 fully saturated rings. The molecule has 10 nitrogen and oxygen atoms in total. The van der Waals surface area contributed by atoms with Gasteiger partial charge in [-0.15, -0.1) is 0 Å². The normalized spacial score (nSPS) is 20.0. The van der Waals surface area contributed by atoms with E-state index < -0.39 is 48.3 Å². The molecule has 2 N–H and O–H groups in total. The third-order valence-corrected chi connectivity index (χ3v) is 7.80. The van der Waals surface area contributed by atoms with Gasteiger partial charge in [-0.05, 0) is 61.2 Å². The standard InChI is InChI=1S/C26H30F5N7O3/c1-13(10-26(29,30)31)23(39)34-21(15-3-4-15)17-9-19-33-18(12-38(19)32-11-17)22(16-5-7-25(27,28)8-6-16)35-24(40)20-14(2)36-41-37-20/h9,11-13,15-16,21-22H,3-8,10H2,1-2H3,(H,34,39)(H,35,40)/t13-,21?,22+/m1/s1. The summed E-state index contributed by atoms with van der Waals surface area (Å²) in [7, 11) is 0. The van der Waals surface area contributed by atoms with Gasteiger partial charge in [0.25, 0.3) is 5.91 Å². The summed E-state index contributed by atoms with van der Waals surface area (Å²) in [6, 6.07) is 0.421. The van der Waals surface area contributed by atoms with Crippen molar-refractivity contribution >= 4 is 17.5 Å². The summed E-state index contributed by atoms with van der Waals surface area (Å²) >= 11 is 0. The molecule has 2 aliphatic carbocycles. The van der Waals surface area contributed by atoms with Crippen molar-refractivity contribution in [2.75, 3.05) is 0 Å². The molecule has 5 rings (SSSR count). The van der Waals surface area contributed by atoms with Crippen LogP contribution in [0.1, 0.15) is 91.4 Å². The van der Waals surface area contributed by atoms with Gasteiger partial charge >= 0.3 is 6.18 Å². The van der Waals surface area contributed by atoms with Crippen molar-refractivity contribution in [2.45, 2.75) is 83.0 Å². The van der Waals surface area contributed by atoms with Crippen LogP contribution in [-0.2, 0) is 4.79 Å². The fourth-order valence-corrected chi connectivity index (χ4v) is 5.34. The Balaban J connectivity index is 1.40. The summed E-state index contributed by atoms with van der Waals surface area (Å²) in [6.07, 6.45) is -1.27. The molecule has 3 heterocycles. The van der Waals surface area contributed by atoms with E-state index in [0.717, 1.165) is 12.8 Å². The third kappa shape index (κ3) is 6.81. The monoisotopic (exact) mass is 583 g/mol. The molecule has 15 heteroatoms. The van der Waals surface area contributed by atoms with Gasteiger partial charge in [-0.2, -0.15) is 18.3 Å². The average molecular weight is 584 g/mol. The number of fused-ring (bicyclic) bond motifs is 1. The number of aromatic nitrogens is 5. The summed E-state index contributed by atoms with van der Waals surface area (Å²) in [5.41, 5.74) is 1.61. The molecule has 3 aromatic heterocycles. The lowest BCUT2D eigenvalue weighted by Gasteiger charge is -2.33. The minimum absolute atomic E-state index is 0.0249. The van der Waals surface area contributed by atoms with Crippen LogP contribution in [0.4, 0.5) is 22.0 Å². The SMILES string of the molecule is Cc1nonc1C(=O)N[C@H](c1cn2ncc(C(NC(=O)[C@H](C)CC(F)(F)F)C3CC3)cc2n1)C1CCC(F)(F)CC1. The Morgan fingerprint density at radius 3 is 2.39 bits per heavy atom. The molecule has 0 radical (unpaired) electrons. The number of rotatable bonds is 9. The van der Waals surface area contributed by atoms with Crippen molar-refractivity contribution in [3.63, 3.8) is 0 Å². The van der Waals surface area contributed by atoms with Gasteiger partial charge in [0.1, 0.15) is 5.69 Å². The number of carbonyl (C=O) groups is 2. The highest BCUT2D eigenvalue weighted by Crippen LogP contribution is 2.43. The Hall–Kier alpha value is -3.65. The Labute approximate surface area is 231 Å². The van der Waals surface area contributed by atoms with Crippen LogP contribution < -0.4 is 10.6 Å². The number of hydrogen-bond acceptors (Lipinski definition) is 7. The molecular weight excluding hydrogens is 553 g/mol. The van der Waals surface area contributed by atoms with Gasteiger partial charge in [0.05, 0.1) is 36.6 Å². The zero-order chi connectivity index (χ0) is 29.5. The first kappa shape index (κ1) is 28.9. The summed E-state index contributed by atoms with van der Waals surface area (Å²) in [5.74, 6) is -5.57.